The van der Waals surface area contributed by atoms with E-state index in [0.29, 0.717) is 31.0 Å². The van der Waals surface area contributed by atoms with Crippen molar-refractivity contribution in [2.45, 2.75) is 50.1 Å². The molecule has 3 saturated heterocycles. The normalized spacial score (nSPS) is 32.5. The maximum atomic E-state index is 13.0. The van der Waals surface area contributed by atoms with E-state index in [-0.39, 0.29) is 77.4 Å². The Bertz CT molecular complexity index is 888. The Hall–Kier alpha value is -1.95. The lowest BCUT2D eigenvalue weighted by atomic mass is 9.73. The molecule has 2 amide bonds. The van der Waals surface area contributed by atoms with Crippen LogP contribution in [0.2, 0.25) is 0 Å². The van der Waals surface area contributed by atoms with Crippen molar-refractivity contribution in [1.82, 2.24) is 20.4 Å². The Morgan fingerprint density at radius 1 is 1.33 bits per heavy atom. The number of nitrogens with zero attached hydrogens (tertiary/aromatic N) is 2. The largest absolute Gasteiger partial charge is 0.477 e. The van der Waals surface area contributed by atoms with Crippen molar-refractivity contribution in [3.8, 4) is 0 Å². The number of carboxylic acid groups (broad SMARTS) is 1. The van der Waals surface area contributed by atoms with Crippen molar-refractivity contribution in [2.75, 3.05) is 33.2 Å². The summed E-state index contributed by atoms with van der Waals surface area (Å²) in [4.78, 5) is 53.7. The van der Waals surface area contributed by atoms with Gasteiger partial charge < -0.3 is 31.3 Å². The van der Waals surface area contributed by atoms with Crippen molar-refractivity contribution in [2.24, 2.45) is 23.5 Å². The highest BCUT2D eigenvalue weighted by molar-refractivity contribution is 8.03. The van der Waals surface area contributed by atoms with Gasteiger partial charge in [-0.1, -0.05) is 13.8 Å². The quantitative estimate of drug-likeness (QED) is 0.313. The topological polar surface area (TPSA) is 145 Å². The van der Waals surface area contributed by atoms with Gasteiger partial charge in [0, 0.05) is 48.2 Å². The van der Waals surface area contributed by atoms with Gasteiger partial charge >= 0.3 is 5.97 Å². The number of amides is 2. The summed E-state index contributed by atoms with van der Waals surface area (Å²) in [6.45, 7) is 5.87. The van der Waals surface area contributed by atoms with Crippen LogP contribution in [0.5, 0.6) is 0 Å². The second kappa shape index (κ2) is 9.36. The molecule has 4 rings (SSSR count). The highest BCUT2D eigenvalue weighted by Crippen LogP contribution is 2.53. The molecule has 33 heavy (non-hydrogen) atoms. The van der Waals surface area contributed by atoms with Crippen LogP contribution in [-0.2, 0) is 19.2 Å². The number of carboxylic acids is 1. The summed E-state index contributed by atoms with van der Waals surface area (Å²) < 4.78 is 0. The monoisotopic (exact) mass is 479 g/mol. The summed E-state index contributed by atoms with van der Waals surface area (Å²) in [5.74, 6) is -1.88. The average molecular weight is 480 g/mol. The summed E-state index contributed by atoms with van der Waals surface area (Å²) in [5, 5.41) is 16.1. The first-order chi connectivity index (χ1) is 15.6. The summed E-state index contributed by atoms with van der Waals surface area (Å²) in [6, 6.07) is -0.475. The molecule has 6 atom stereocenters. The van der Waals surface area contributed by atoms with Crippen LogP contribution in [-0.4, -0.2) is 95.1 Å². The van der Waals surface area contributed by atoms with Gasteiger partial charge in [-0.3, -0.25) is 14.4 Å². The molecule has 0 spiro atoms. The van der Waals surface area contributed by atoms with Crippen molar-refractivity contribution >= 4 is 35.3 Å². The van der Waals surface area contributed by atoms with Gasteiger partial charge in [0.05, 0.1) is 24.5 Å². The van der Waals surface area contributed by atoms with Gasteiger partial charge in [-0.05, 0) is 19.4 Å². The van der Waals surface area contributed by atoms with Crippen LogP contribution in [0.25, 0.3) is 0 Å². The molecule has 3 fully saturated rings. The fourth-order valence-corrected chi connectivity index (χ4v) is 7.07. The minimum absolute atomic E-state index is 0.0406. The fraction of sp³-hybridized carbons (Fsp3) is 0.727. The number of fused-ring (bicyclic) bond motifs is 1. The maximum absolute atomic E-state index is 13.0. The Morgan fingerprint density at radius 2 is 2.03 bits per heavy atom. The third-order valence-electron chi connectivity index (χ3n) is 7.23. The number of nitrogens with two attached hydrogens (primary N) is 1. The third kappa shape index (κ3) is 4.31. The minimum Gasteiger partial charge on any atom is -0.477 e. The lowest BCUT2D eigenvalue weighted by molar-refractivity contribution is -0.160. The number of aliphatic carboxylic acids is 1. The van der Waals surface area contributed by atoms with Crippen LogP contribution in [0.4, 0.5) is 0 Å². The number of ketones is 1. The van der Waals surface area contributed by atoms with Crippen LogP contribution >= 0.6 is 11.8 Å². The van der Waals surface area contributed by atoms with Crippen LogP contribution in [0.3, 0.4) is 0 Å². The number of hydrogen-bond acceptors (Lipinski definition) is 8. The number of carbonyl (C=O) groups excluding carboxylic acids is 3. The number of Topliss-reactive ketones (excluding diaryl/α,β-unsaturated/α-hetero) is 1. The van der Waals surface area contributed by atoms with E-state index < -0.39 is 5.97 Å². The molecule has 0 aromatic carbocycles. The molecule has 4 aliphatic heterocycles. The highest BCUT2D eigenvalue weighted by Gasteiger charge is 2.60. The summed E-state index contributed by atoms with van der Waals surface area (Å²) in [7, 11) is 1.71. The van der Waals surface area contributed by atoms with Gasteiger partial charge in [0.2, 0.25) is 11.8 Å². The van der Waals surface area contributed by atoms with Crippen LogP contribution < -0.4 is 16.4 Å². The van der Waals surface area contributed by atoms with Crippen LogP contribution in [0.1, 0.15) is 26.7 Å². The Labute approximate surface area is 197 Å². The van der Waals surface area contributed by atoms with Gasteiger partial charge in [0.15, 0.2) is 0 Å². The van der Waals surface area contributed by atoms with E-state index in [4.69, 9.17) is 5.73 Å². The summed E-state index contributed by atoms with van der Waals surface area (Å²) in [6.07, 6.45) is 0.894. The Balaban J connectivity index is 1.43. The number of likely N-dealkylation sites (N-methyl/N-ethyl adjacent to an activating group) is 1. The van der Waals surface area contributed by atoms with Crippen LogP contribution in [0.15, 0.2) is 10.6 Å². The van der Waals surface area contributed by atoms with Gasteiger partial charge in [-0.2, -0.15) is 0 Å². The number of nitrogens with one attached hydrogen (secondary N) is 2. The van der Waals surface area contributed by atoms with Crippen molar-refractivity contribution < 1.29 is 24.3 Å². The number of carbonyl (C=O) groups is 4. The van der Waals surface area contributed by atoms with E-state index >= 15 is 0 Å². The van der Waals surface area contributed by atoms with E-state index in [2.05, 4.69) is 10.6 Å². The summed E-state index contributed by atoms with van der Waals surface area (Å²) in [5.41, 5.74) is 5.85. The number of likely N-dealkylation sites (tertiary alicyclic amines) is 1. The standard InChI is InChI=1S/C22H33N5O5S/c1-10(4-13(28)6-24-3)16-17-11(2)19(18(22(31)32)27(17)21(16)30)33-14-5-15(25-7-14)20(29)26-8-12(23)9-26/h10-12,14-17,24-25H,4-9,23H2,1-3H3,(H,31,32)/t10-,11+,14-,15-,16+,17+/m0/s1. The first-order valence-corrected chi connectivity index (χ1v) is 12.4. The van der Waals surface area contributed by atoms with Crippen LogP contribution in [0, 0.1) is 17.8 Å². The molecule has 0 unspecified atom stereocenters. The predicted octanol–water partition coefficient (Wildman–Crippen LogP) is -0.793. The van der Waals surface area contributed by atoms with Gasteiger partial charge in [-0.15, -0.1) is 11.8 Å². The van der Waals surface area contributed by atoms with E-state index in [1.165, 1.54) is 16.7 Å². The number of thioether (sulfide) groups is 1. The van der Waals surface area contributed by atoms with Gasteiger partial charge in [0.25, 0.3) is 0 Å². The smallest absolute Gasteiger partial charge is 0.353 e. The van der Waals surface area contributed by atoms with Crippen molar-refractivity contribution in [1.29, 1.82) is 0 Å². The maximum Gasteiger partial charge on any atom is 0.353 e. The minimum atomic E-state index is -1.11. The van der Waals surface area contributed by atoms with E-state index in [9.17, 15) is 24.3 Å². The average Bonchev–Trinajstić information content (AvgIpc) is 3.27. The van der Waals surface area contributed by atoms with E-state index in [0.717, 1.165) is 0 Å². The first kappa shape index (κ1) is 24.2. The molecule has 4 aliphatic rings. The second-order valence-electron chi connectivity index (χ2n) is 9.72. The number of β-lactam (4-membered cyclic amide) rings is 1. The molecule has 0 radical (unpaired) electrons. The zero-order valence-electron chi connectivity index (χ0n) is 19.2. The zero-order valence-corrected chi connectivity index (χ0v) is 20.1. The molecule has 11 heteroatoms. The fourth-order valence-electron chi connectivity index (χ4n) is 5.60. The molecule has 10 nitrogen and oxygen atoms in total. The second-order valence-corrected chi connectivity index (χ2v) is 11.1. The molecule has 182 valence electrons. The van der Waals surface area contributed by atoms with E-state index in [1.807, 2.05) is 13.8 Å². The molecule has 0 aliphatic carbocycles. The van der Waals surface area contributed by atoms with E-state index in [1.54, 1.807) is 11.9 Å². The molecular formula is C22H33N5O5S. The SMILES string of the molecule is CNCC(=O)C[C@H](C)[C@H]1C(=O)N2C(C(=O)O)=C(S[C@@H]3CN[C@H](C(=O)N4CC(N)C4)C3)[C@H](C)[C@H]12. The van der Waals surface area contributed by atoms with Crippen molar-refractivity contribution in [3.63, 3.8) is 0 Å². The highest BCUT2D eigenvalue weighted by atomic mass is 32.2. The summed E-state index contributed by atoms with van der Waals surface area (Å²) >= 11 is 1.47. The Kier molecular flexibility index (Phi) is 6.86. The third-order valence-corrected chi connectivity index (χ3v) is 8.74. The zero-order chi connectivity index (χ0) is 24.0. The lowest BCUT2D eigenvalue weighted by Crippen LogP contribution is -2.62. The number of hydrogen-bond donors (Lipinski definition) is 4. The molecule has 0 aromatic rings. The van der Waals surface area contributed by atoms with Gasteiger partial charge in [-0.25, -0.2) is 4.79 Å². The predicted molar refractivity (Wildman–Crippen MR) is 123 cm³/mol. The first-order valence-electron chi connectivity index (χ1n) is 11.5. The molecule has 0 bridgehead atoms. The molecule has 0 aromatic heterocycles. The van der Waals surface area contributed by atoms with Gasteiger partial charge in [0.1, 0.15) is 11.5 Å². The molecule has 4 heterocycles. The van der Waals surface area contributed by atoms with Crippen molar-refractivity contribution in [3.05, 3.63) is 10.6 Å². The molecule has 5 N–H and O–H groups in total. The molecule has 0 saturated carbocycles. The molecular weight excluding hydrogens is 446 g/mol. The lowest BCUT2D eigenvalue weighted by Gasteiger charge is -2.47. The number of rotatable bonds is 9. The Morgan fingerprint density at radius 3 is 2.64 bits per heavy atom.